The van der Waals surface area contributed by atoms with Crippen LogP contribution in [0, 0.1) is 0 Å². The summed E-state index contributed by atoms with van der Waals surface area (Å²) in [5, 5.41) is 10.4. The fraction of sp³-hybridized carbons (Fsp3) is 0.286. The van der Waals surface area contributed by atoms with Crippen LogP contribution in [-0.2, 0) is 11.2 Å². The van der Waals surface area contributed by atoms with E-state index in [4.69, 9.17) is 4.74 Å². The van der Waals surface area contributed by atoms with Gasteiger partial charge in [-0.3, -0.25) is 4.79 Å². The van der Waals surface area contributed by atoms with Gasteiger partial charge in [0.15, 0.2) is 0 Å². The van der Waals surface area contributed by atoms with Crippen molar-refractivity contribution in [2.45, 2.75) is 33.1 Å². The summed E-state index contributed by atoms with van der Waals surface area (Å²) >= 11 is 3.51. The van der Waals surface area contributed by atoms with E-state index in [1.54, 1.807) is 0 Å². The Morgan fingerprint density at radius 1 is 1.23 bits per heavy atom. The average Bonchev–Trinajstić information content (AvgIpc) is 2.93. The maximum Gasteiger partial charge on any atom is 0.307 e. The minimum Gasteiger partial charge on any atom is -0.493 e. The highest BCUT2D eigenvalue weighted by atomic mass is 79.9. The third-order valence-corrected chi connectivity index (χ3v) is 4.93. The van der Waals surface area contributed by atoms with E-state index in [0.29, 0.717) is 12.5 Å². The Morgan fingerprint density at radius 3 is 2.65 bits per heavy atom. The van der Waals surface area contributed by atoms with Gasteiger partial charge in [0.05, 0.1) is 18.7 Å². The monoisotopic (exact) mass is 415 g/mol. The van der Waals surface area contributed by atoms with Crippen molar-refractivity contribution in [1.29, 1.82) is 0 Å². The Bertz CT molecular complexity index is 959. The van der Waals surface area contributed by atoms with Gasteiger partial charge in [-0.15, -0.1) is 0 Å². The van der Waals surface area contributed by atoms with Crippen molar-refractivity contribution < 1.29 is 14.6 Å². The van der Waals surface area contributed by atoms with Crippen molar-refractivity contribution in [3.63, 3.8) is 0 Å². The van der Waals surface area contributed by atoms with Gasteiger partial charge in [-0.25, -0.2) is 0 Å². The number of carboxylic acid groups (broad SMARTS) is 1. The van der Waals surface area contributed by atoms with E-state index in [9.17, 15) is 9.90 Å². The summed E-state index contributed by atoms with van der Waals surface area (Å²) in [4.78, 5) is 14.9. The molecule has 0 spiro atoms. The van der Waals surface area contributed by atoms with Crippen molar-refractivity contribution in [3.05, 3.63) is 52.0 Å². The Kier molecular flexibility index (Phi) is 5.37. The molecule has 26 heavy (non-hydrogen) atoms. The molecule has 3 rings (SSSR count). The fourth-order valence-electron chi connectivity index (χ4n) is 3.17. The van der Waals surface area contributed by atoms with Crippen LogP contribution in [0.1, 0.15) is 37.8 Å². The summed E-state index contributed by atoms with van der Waals surface area (Å²) in [7, 11) is 0. The molecular formula is C21H22BrNO3. The summed E-state index contributed by atoms with van der Waals surface area (Å²) in [5.74, 6) is 0.258. The first-order valence-corrected chi connectivity index (χ1v) is 9.49. The smallest absolute Gasteiger partial charge is 0.307 e. The van der Waals surface area contributed by atoms with Crippen molar-refractivity contribution in [2.24, 2.45) is 0 Å². The quantitative estimate of drug-likeness (QED) is 0.538. The lowest BCUT2D eigenvalue weighted by Gasteiger charge is -2.11. The highest BCUT2D eigenvalue weighted by Crippen LogP contribution is 2.38. The number of nitrogens with one attached hydrogen (secondary N) is 1. The first-order chi connectivity index (χ1) is 12.4. The minimum absolute atomic E-state index is 0.0467. The SMILES string of the molecule is CCOc1ccc(Br)cc1-c1[nH]c2ccc(C(C)C)cc2c1CC(=O)O. The maximum absolute atomic E-state index is 11.5. The summed E-state index contributed by atoms with van der Waals surface area (Å²) in [6.07, 6.45) is -0.0467. The van der Waals surface area contributed by atoms with E-state index in [1.165, 1.54) is 5.56 Å². The molecule has 4 nitrogen and oxygen atoms in total. The van der Waals surface area contributed by atoms with Crippen molar-refractivity contribution >= 4 is 32.8 Å². The molecule has 0 saturated heterocycles. The third kappa shape index (κ3) is 3.63. The predicted molar refractivity (Wildman–Crippen MR) is 108 cm³/mol. The van der Waals surface area contributed by atoms with Crippen molar-refractivity contribution in [1.82, 2.24) is 4.98 Å². The number of H-pyrrole nitrogens is 1. The highest BCUT2D eigenvalue weighted by molar-refractivity contribution is 9.10. The van der Waals surface area contributed by atoms with Crippen LogP contribution in [0.5, 0.6) is 5.75 Å². The van der Waals surface area contributed by atoms with E-state index >= 15 is 0 Å². The number of halogens is 1. The lowest BCUT2D eigenvalue weighted by atomic mass is 9.97. The van der Waals surface area contributed by atoms with Crippen molar-refractivity contribution in [2.75, 3.05) is 6.61 Å². The highest BCUT2D eigenvalue weighted by Gasteiger charge is 2.19. The van der Waals surface area contributed by atoms with Gasteiger partial charge in [-0.2, -0.15) is 0 Å². The third-order valence-electron chi connectivity index (χ3n) is 4.44. The molecule has 0 radical (unpaired) electrons. The zero-order valence-electron chi connectivity index (χ0n) is 15.1. The van der Waals surface area contributed by atoms with E-state index < -0.39 is 5.97 Å². The van der Waals surface area contributed by atoms with Gasteiger partial charge in [0.2, 0.25) is 0 Å². The van der Waals surface area contributed by atoms with Gasteiger partial charge in [-0.1, -0.05) is 35.8 Å². The molecule has 0 unspecified atom stereocenters. The van der Waals surface area contributed by atoms with Gasteiger partial charge in [-0.05, 0) is 54.3 Å². The first kappa shape index (κ1) is 18.5. The lowest BCUT2D eigenvalue weighted by molar-refractivity contribution is -0.136. The van der Waals surface area contributed by atoms with E-state index in [-0.39, 0.29) is 6.42 Å². The summed E-state index contributed by atoms with van der Waals surface area (Å²) < 4.78 is 6.69. The standard InChI is InChI=1S/C21H22BrNO3/c1-4-26-19-8-6-14(22)10-17(19)21-16(11-20(24)25)15-9-13(12(2)3)5-7-18(15)23-21/h5-10,12,23H,4,11H2,1-3H3,(H,24,25). The second kappa shape index (κ2) is 7.54. The molecule has 0 saturated carbocycles. The van der Waals surface area contributed by atoms with Crippen LogP contribution < -0.4 is 4.74 Å². The number of carboxylic acids is 1. The number of hydrogen-bond acceptors (Lipinski definition) is 2. The van der Waals surface area contributed by atoms with Gasteiger partial charge < -0.3 is 14.8 Å². The molecule has 0 atom stereocenters. The molecule has 0 bridgehead atoms. The number of aromatic nitrogens is 1. The zero-order valence-corrected chi connectivity index (χ0v) is 16.7. The van der Waals surface area contributed by atoms with Crippen LogP contribution in [0.15, 0.2) is 40.9 Å². The molecule has 5 heteroatoms. The van der Waals surface area contributed by atoms with E-state index in [1.807, 2.05) is 31.2 Å². The Balaban J connectivity index is 2.28. The van der Waals surface area contributed by atoms with E-state index in [2.05, 4.69) is 46.9 Å². The lowest BCUT2D eigenvalue weighted by Crippen LogP contribution is -2.02. The summed E-state index contributed by atoms with van der Waals surface area (Å²) in [6.45, 7) is 6.74. The van der Waals surface area contributed by atoms with Crippen LogP contribution in [-0.4, -0.2) is 22.7 Å². The molecule has 0 fully saturated rings. The number of hydrogen-bond donors (Lipinski definition) is 2. The van der Waals surface area contributed by atoms with Crippen LogP contribution in [0.2, 0.25) is 0 Å². The second-order valence-corrected chi connectivity index (χ2v) is 7.50. The molecule has 0 aliphatic rings. The fourth-order valence-corrected chi connectivity index (χ4v) is 3.53. The van der Waals surface area contributed by atoms with Crippen molar-refractivity contribution in [3.8, 4) is 17.0 Å². The number of benzene rings is 2. The molecule has 0 aliphatic heterocycles. The van der Waals surface area contributed by atoms with Gasteiger partial charge >= 0.3 is 5.97 Å². The van der Waals surface area contributed by atoms with Gasteiger partial charge in [0.25, 0.3) is 0 Å². The predicted octanol–water partition coefficient (Wildman–Crippen LogP) is 5.75. The van der Waals surface area contributed by atoms with Crippen LogP contribution in [0.4, 0.5) is 0 Å². The molecule has 1 aromatic heterocycles. The van der Waals surface area contributed by atoms with Crippen LogP contribution in [0.3, 0.4) is 0 Å². The molecule has 2 N–H and O–H groups in total. The maximum atomic E-state index is 11.5. The number of carbonyl (C=O) groups is 1. The largest absolute Gasteiger partial charge is 0.493 e. The average molecular weight is 416 g/mol. The Hall–Kier alpha value is -2.27. The summed E-state index contributed by atoms with van der Waals surface area (Å²) in [5.41, 5.74) is 4.57. The molecule has 3 aromatic rings. The Morgan fingerprint density at radius 2 is 2.00 bits per heavy atom. The number of fused-ring (bicyclic) bond motifs is 1. The molecule has 0 amide bonds. The number of aromatic amines is 1. The molecule has 0 aliphatic carbocycles. The van der Waals surface area contributed by atoms with E-state index in [0.717, 1.165) is 37.9 Å². The molecular weight excluding hydrogens is 394 g/mol. The second-order valence-electron chi connectivity index (χ2n) is 6.58. The minimum atomic E-state index is -0.852. The van der Waals surface area contributed by atoms with Gasteiger partial charge in [0, 0.05) is 20.9 Å². The molecule has 2 aromatic carbocycles. The van der Waals surface area contributed by atoms with Crippen LogP contribution >= 0.6 is 15.9 Å². The number of rotatable bonds is 6. The Labute approximate surface area is 161 Å². The molecule has 136 valence electrons. The molecule has 1 heterocycles. The number of aliphatic carboxylic acids is 1. The van der Waals surface area contributed by atoms with Gasteiger partial charge in [0.1, 0.15) is 5.75 Å². The summed E-state index contributed by atoms with van der Waals surface area (Å²) in [6, 6.07) is 12.0. The number of ether oxygens (including phenoxy) is 1. The first-order valence-electron chi connectivity index (χ1n) is 8.69. The topological polar surface area (TPSA) is 62.3 Å². The van der Waals surface area contributed by atoms with Crippen LogP contribution in [0.25, 0.3) is 22.2 Å². The zero-order chi connectivity index (χ0) is 18.8. The normalized spacial score (nSPS) is 11.3.